The van der Waals surface area contributed by atoms with Gasteiger partial charge < -0.3 is 5.11 Å². The summed E-state index contributed by atoms with van der Waals surface area (Å²) in [4.78, 5) is 0.246. The first-order valence-electron chi connectivity index (χ1n) is 6.25. The second kappa shape index (κ2) is 6.31. The molecule has 1 atom stereocenters. The van der Waals surface area contributed by atoms with Crippen LogP contribution in [0.3, 0.4) is 0 Å². The Labute approximate surface area is 109 Å². The Balaban J connectivity index is 3.17. The maximum Gasteiger partial charge on any atom is 0.243 e. The van der Waals surface area contributed by atoms with Gasteiger partial charge in [0.05, 0.1) is 11.0 Å². The summed E-state index contributed by atoms with van der Waals surface area (Å²) >= 11 is 0. The van der Waals surface area contributed by atoms with Crippen LogP contribution in [0.2, 0.25) is 0 Å². The summed E-state index contributed by atoms with van der Waals surface area (Å²) in [5.41, 5.74) is 0.644. The molecule has 0 heterocycles. The van der Waals surface area contributed by atoms with E-state index in [9.17, 15) is 13.5 Å². The second-order valence-corrected chi connectivity index (χ2v) is 6.02. The maximum absolute atomic E-state index is 12.3. The van der Waals surface area contributed by atoms with Crippen LogP contribution in [0.5, 0.6) is 0 Å². The highest BCUT2D eigenvalue weighted by Gasteiger charge is 2.22. The summed E-state index contributed by atoms with van der Waals surface area (Å²) in [5.74, 6) is 0. The molecule has 1 N–H and O–H groups in total. The molecule has 0 spiro atoms. The van der Waals surface area contributed by atoms with Gasteiger partial charge in [-0.1, -0.05) is 32.9 Å². The van der Waals surface area contributed by atoms with Crippen molar-refractivity contribution in [2.45, 2.75) is 38.2 Å². The van der Waals surface area contributed by atoms with Crippen LogP contribution in [0.1, 0.15) is 38.9 Å². The van der Waals surface area contributed by atoms with Crippen molar-refractivity contribution in [2.24, 2.45) is 0 Å². The largest absolute Gasteiger partial charge is 0.388 e. The van der Waals surface area contributed by atoms with E-state index in [1.807, 2.05) is 20.8 Å². The zero-order chi connectivity index (χ0) is 13.8. The monoisotopic (exact) mass is 271 g/mol. The van der Waals surface area contributed by atoms with Gasteiger partial charge in [0.1, 0.15) is 0 Å². The quantitative estimate of drug-likeness (QED) is 0.862. The molecular formula is C13H21NO3S. The van der Waals surface area contributed by atoms with E-state index in [1.54, 1.807) is 24.3 Å². The van der Waals surface area contributed by atoms with Gasteiger partial charge in [0.15, 0.2) is 0 Å². The van der Waals surface area contributed by atoms with Crippen molar-refractivity contribution in [3.63, 3.8) is 0 Å². The molecule has 1 unspecified atom stereocenters. The van der Waals surface area contributed by atoms with Gasteiger partial charge in [-0.2, -0.15) is 4.31 Å². The van der Waals surface area contributed by atoms with Gasteiger partial charge in [0.25, 0.3) is 0 Å². The van der Waals surface area contributed by atoms with E-state index in [1.165, 1.54) is 4.31 Å². The average Bonchev–Trinajstić information content (AvgIpc) is 2.39. The third-order valence-electron chi connectivity index (χ3n) is 2.97. The van der Waals surface area contributed by atoms with Gasteiger partial charge >= 0.3 is 0 Å². The van der Waals surface area contributed by atoms with Crippen LogP contribution >= 0.6 is 0 Å². The molecule has 102 valence electrons. The third kappa shape index (κ3) is 3.10. The van der Waals surface area contributed by atoms with Crippen LogP contribution in [0.4, 0.5) is 0 Å². The number of hydrogen-bond acceptors (Lipinski definition) is 3. The summed E-state index contributed by atoms with van der Waals surface area (Å²) in [6.45, 7) is 6.37. The van der Waals surface area contributed by atoms with Crippen molar-refractivity contribution in [3.05, 3.63) is 29.8 Å². The minimum absolute atomic E-state index is 0.246. The number of rotatable bonds is 6. The van der Waals surface area contributed by atoms with Gasteiger partial charge in [0.2, 0.25) is 10.0 Å². The fourth-order valence-electron chi connectivity index (χ4n) is 1.83. The third-order valence-corrected chi connectivity index (χ3v) is 5.02. The van der Waals surface area contributed by atoms with Gasteiger partial charge in [-0.05, 0) is 24.1 Å². The Morgan fingerprint density at radius 3 is 2.33 bits per heavy atom. The highest BCUT2D eigenvalue weighted by Crippen LogP contribution is 2.22. The number of hydrogen-bond donors (Lipinski definition) is 1. The van der Waals surface area contributed by atoms with Crippen LogP contribution in [0.15, 0.2) is 29.2 Å². The lowest BCUT2D eigenvalue weighted by molar-refractivity contribution is 0.173. The highest BCUT2D eigenvalue weighted by atomic mass is 32.2. The summed E-state index contributed by atoms with van der Waals surface area (Å²) < 4.78 is 26.0. The molecule has 0 aliphatic rings. The predicted molar refractivity (Wildman–Crippen MR) is 71.8 cm³/mol. The molecule has 0 aromatic heterocycles. The first-order chi connectivity index (χ1) is 8.47. The lowest BCUT2D eigenvalue weighted by Gasteiger charge is -2.19. The van der Waals surface area contributed by atoms with E-state index in [0.717, 1.165) is 0 Å². The average molecular weight is 271 g/mol. The normalized spacial score (nSPS) is 13.8. The van der Waals surface area contributed by atoms with Crippen molar-refractivity contribution in [2.75, 3.05) is 13.1 Å². The van der Waals surface area contributed by atoms with E-state index in [4.69, 9.17) is 0 Å². The molecule has 0 radical (unpaired) electrons. The van der Waals surface area contributed by atoms with E-state index in [2.05, 4.69) is 0 Å². The van der Waals surface area contributed by atoms with Gasteiger partial charge in [-0.3, -0.25) is 0 Å². The van der Waals surface area contributed by atoms with Crippen molar-refractivity contribution >= 4 is 10.0 Å². The first kappa shape index (κ1) is 15.1. The van der Waals surface area contributed by atoms with E-state index >= 15 is 0 Å². The molecule has 0 saturated carbocycles. The maximum atomic E-state index is 12.3. The fraction of sp³-hybridized carbons (Fsp3) is 0.538. The molecule has 0 bridgehead atoms. The van der Waals surface area contributed by atoms with Crippen molar-refractivity contribution in [1.82, 2.24) is 4.31 Å². The van der Waals surface area contributed by atoms with E-state index in [0.29, 0.717) is 25.1 Å². The molecule has 0 aliphatic carbocycles. The Kier molecular flexibility index (Phi) is 5.31. The number of benzene rings is 1. The molecular weight excluding hydrogens is 250 g/mol. The summed E-state index contributed by atoms with van der Waals surface area (Å²) in [6, 6.07) is 6.54. The summed E-state index contributed by atoms with van der Waals surface area (Å²) in [5, 5.41) is 9.76. The highest BCUT2D eigenvalue weighted by molar-refractivity contribution is 7.89. The lowest BCUT2D eigenvalue weighted by atomic mass is 10.1. The molecule has 0 amide bonds. The molecule has 1 rings (SSSR count). The number of sulfonamides is 1. The zero-order valence-electron chi connectivity index (χ0n) is 11.1. The van der Waals surface area contributed by atoms with Gasteiger partial charge in [-0.25, -0.2) is 8.42 Å². The molecule has 4 nitrogen and oxygen atoms in total. The molecule has 5 heteroatoms. The van der Waals surface area contributed by atoms with Crippen LogP contribution < -0.4 is 0 Å². The lowest BCUT2D eigenvalue weighted by Crippen LogP contribution is -2.30. The minimum atomic E-state index is -3.44. The number of aliphatic hydroxyl groups is 1. The molecule has 0 saturated heterocycles. The standard InChI is InChI=1S/C13H21NO3S/c1-4-13(15)11-8-7-9-12(10-11)18(16,17)14(5-2)6-3/h7-10,13,15H,4-6H2,1-3H3. The Morgan fingerprint density at radius 2 is 1.83 bits per heavy atom. The Morgan fingerprint density at radius 1 is 1.22 bits per heavy atom. The summed E-state index contributed by atoms with van der Waals surface area (Å²) in [7, 11) is -3.44. The number of aliphatic hydroxyl groups excluding tert-OH is 1. The van der Waals surface area contributed by atoms with Crippen LogP contribution in [0.25, 0.3) is 0 Å². The molecule has 0 aliphatic heterocycles. The van der Waals surface area contributed by atoms with Gasteiger partial charge in [0, 0.05) is 13.1 Å². The van der Waals surface area contributed by atoms with E-state index in [-0.39, 0.29) is 4.90 Å². The minimum Gasteiger partial charge on any atom is -0.388 e. The zero-order valence-corrected chi connectivity index (χ0v) is 11.9. The number of nitrogens with zero attached hydrogens (tertiary/aromatic N) is 1. The molecule has 18 heavy (non-hydrogen) atoms. The van der Waals surface area contributed by atoms with Crippen LogP contribution in [-0.2, 0) is 10.0 Å². The van der Waals surface area contributed by atoms with Crippen LogP contribution in [0, 0.1) is 0 Å². The summed E-state index contributed by atoms with van der Waals surface area (Å²) in [6.07, 6.45) is -0.0498. The van der Waals surface area contributed by atoms with Crippen molar-refractivity contribution in [1.29, 1.82) is 0 Å². The first-order valence-corrected chi connectivity index (χ1v) is 7.69. The topological polar surface area (TPSA) is 57.6 Å². The Bertz CT molecular complexity index is 481. The Hall–Kier alpha value is -0.910. The van der Waals surface area contributed by atoms with Crippen molar-refractivity contribution in [3.8, 4) is 0 Å². The van der Waals surface area contributed by atoms with Crippen LogP contribution in [-0.4, -0.2) is 30.9 Å². The smallest absolute Gasteiger partial charge is 0.243 e. The van der Waals surface area contributed by atoms with Gasteiger partial charge in [-0.15, -0.1) is 0 Å². The SMILES string of the molecule is CCC(O)c1cccc(S(=O)(=O)N(CC)CC)c1. The predicted octanol–water partition coefficient (Wildman–Crippen LogP) is 2.16. The second-order valence-electron chi connectivity index (χ2n) is 4.09. The van der Waals surface area contributed by atoms with E-state index < -0.39 is 16.1 Å². The molecule has 1 aromatic carbocycles. The molecule has 0 fully saturated rings. The van der Waals surface area contributed by atoms with Crippen molar-refractivity contribution < 1.29 is 13.5 Å². The molecule has 1 aromatic rings. The fourth-order valence-corrected chi connectivity index (χ4v) is 3.34.